The summed E-state index contributed by atoms with van der Waals surface area (Å²) in [4.78, 5) is 25.4. The van der Waals surface area contributed by atoms with Gasteiger partial charge in [0, 0.05) is 4.88 Å². The molecule has 0 saturated heterocycles. The third kappa shape index (κ3) is 2.18. The maximum atomic E-state index is 12.3. The lowest BCUT2D eigenvalue weighted by molar-refractivity contribution is -0.149. The Balaban J connectivity index is 2.49. The highest BCUT2D eigenvalue weighted by Crippen LogP contribution is 2.48. The zero-order valence-corrected chi connectivity index (χ0v) is 12.8. The number of fused-ring (bicyclic) bond motifs is 1. The molecule has 0 radical (unpaired) electrons. The van der Waals surface area contributed by atoms with E-state index in [1.807, 2.05) is 6.92 Å². The number of carbonyl (C=O) groups is 2. The molecule has 0 spiro atoms. The summed E-state index contributed by atoms with van der Waals surface area (Å²) in [7, 11) is 0. The van der Waals surface area contributed by atoms with Gasteiger partial charge in [-0.15, -0.1) is 11.3 Å². The molecule has 2 rings (SSSR count). The molecule has 1 aromatic rings. The van der Waals surface area contributed by atoms with Crippen LogP contribution in [0.1, 0.15) is 48.0 Å². The summed E-state index contributed by atoms with van der Waals surface area (Å²) >= 11 is 1.36. The third-order valence-electron chi connectivity index (χ3n) is 3.62. The van der Waals surface area contributed by atoms with Gasteiger partial charge in [0.1, 0.15) is 5.00 Å². The number of thiophene rings is 1. The molecule has 0 fully saturated rings. The third-order valence-corrected chi connectivity index (χ3v) is 4.70. The van der Waals surface area contributed by atoms with Gasteiger partial charge < -0.3 is 15.2 Å². The van der Waals surface area contributed by atoms with Crippen molar-refractivity contribution in [3.63, 3.8) is 0 Å². The van der Waals surface area contributed by atoms with Crippen molar-refractivity contribution in [3.8, 4) is 0 Å². The fourth-order valence-corrected chi connectivity index (χ4v) is 3.83. The van der Waals surface area contributed by atoms with Crippen LogP contribution in [0.3, 0.4) is 0 Å². The molecular weight excluding hydrogens is 278 g/mol. The van der Waals surface area contributed by atoms with E-state index in [9.17, 15) is 9.59 Å². The van der Waals surface area contributed by atoms with Crippen LogP contribution >= 0.6 is 11.3 Å². The number of anilines is 1. The first-order valence-corrected chi connectivity index (χ1v) is 7.53. The molecule has 0 bridgehead atoms. The monoisotopic (exact) mass is 297 g/mol. The van der Waals surface area contributed by atoms with E-state index in [2.05, 4.69) is 0 Å². The van der Waals surface area contributed by atoms with Crippen molar-refractivity contribution in [2.45, 2.75) is 39.0 Å². The minimum Gasteiger partial charge on any atom is -0.465 e. The van der Waals surface area contributed by atoms with Crippen molar-refractivity contribution < 1.29 is 19.1 Å². The number of esters is 2. The summed E-state index contributed by atoms with van der Waals surface area (Å²) < 4.78 is 10.2. The highest BCUT2D eigenvalue weighted by Gasteiger charge is 2.47. The first-order chi connectivity index (χ1) is 9.45. The van der Waals surface area contributed by atoms with Gasteiger partial charge in [-0.3, -0.25) is 4.79 Å². The molecule has 1 aliphatic rings. The molecule has 110 valence electrons. The van der Waals surface area contributed by atoms with E-state index in [1.165, 1.54) is 11.3 Å². The molecule has 6 heteroatoms. The zero-order valence-electron chi connectivity index (χ0n) is 11.9. The van der Waals surface area contributed by atoms with Crippen LogP contribution in [0.25, 0.3) is 0 Å². The summed E-state index contributed by atoms with van der Waals surface area (Å²) in [6.45, 7) is 5.92. The first-order valence-electron chi connectivity index (χ1n) is 6.71. The van der Waals surface area contributed by atoms with Crippen LogP contribution in [0.5, 0.6) is 0 Å². The van der Waals surface area contributed by atoms with Crippen LogP contribution in [0.2, 0.25) is 0 Å². The van der Waals surface area contributed by atoms with Crippen LogP contribution in [0.4, 0.5) is 5.00 Å². The maximum Gasteiger partial charge on any atom is 0.341 e. The van der Waals surface area contributed by atoms with Crippen molar-refractivity contribution in [1.29, 1.82) is 0 Å². The SMILES string of the molecule is CCOC(=O)c1c(N)sc2c1[C@](C)(C(=O)OCC)CC2. The maximum absolute atomic E-state index is 12.3. The second-order valence-corrected chi connectivity index (χ2v) is 6.05. The average Bonchev–Trinajstić information content (AvgIpc) is 2.88. The standard InChI is InChI=1S/C14H19NO4S/c1-4-18-12(16)9-10-8(20-11(9)15)6-7-14(10,3)13(17)19-5-2/h4-7,15H2,1-3H3/t14-/m1/s1. The fourth-order valence-electron chi connectivity index (χ4n) is 2.65. The molecule has 0 amide bonds. The van der Waals surface area contributed by atoms with Gasteiger partial charge in [0.15, 0.2) is 0 Å². The van der Waals surface area contributed by atoms with Crippen LogP contribution in [-0.2, 0) is 26.1 Å². The minimum atomic E-state index is -0.804. The Morgan fingerprint density at radius 3 is 2.55 bits per heavy atom. The smallest absolute Gasteiger partial charge is 0.341 e. The first kappa shape index (κ1) is 14.8. The largest absolute Gasteiger partial charge is 0.465 e. The molecule has 1 atom stereocenters. The molecule has 0 aliphatic heterocycles. The highest BCUT2D eigenvalue weighted by molar-refractivity contribution is 7.16. The van der Waals surface area contributed by atoms with Crippen LogP contribution in [0, 0.1) is 0 Å². The van der Waals surface area contributed by atoms with Gasteiger partial charge in [0.25, 0.3) is 0 Å². The number of hydrogen-bond acceptors (Lipinski definition) is 6. The van der Waals surface area contributed by atoms with Gasteiger partial charge in [0.05, 0.1) is 24.2 Å². The summed E-state index contributed by atoms with van der Waals surface area (Å²) in [6.07, 6.45) is 1.37. The number of ether oxygens (including phenoxy) is 2. The topological polar surface area (TPSA) is 78.6 Å². The van der Waals surface area contributed by atoms with Gasteiger partial charge in [-0.2, -0.15) is 0 Å². The minimum absolute atomic E-state index is 0.277. The number of rotatable bonds is 4. The van der Waals surface area contributed by atoms with Crippen molar-refractivity contribution in [1.82, 2.24) is 0 Å². The molecule has 0 aromatic carbocycles. The number of hydrogen-bond donors (Lipinski definition) is 1. The Kier molecular flexibility index (Phi) is 4.04. The summed E-state index contributed by atoms with van der Waals surface area (Å²) in [5.74, 6) is -0.762. The predicted molar refractivity (Wildman–Crippen MR) is 77.0 cm³/mol. The lowest BCUT2D eigenvalue weighted by Crippen LogP contribution is -2.33. The van der Waals surface area contributed by atoms with E-state index in [1.54, 1.807) is 13.8 Å². The lowest BCUT2D eigenvalue weighted by atomic mass is 9.83. The second-order valence-electron chi connectivity index (χ2n) is 4.91. The quantitative estimate of drug-likeness (QED) is 0.862. The van der Waals surface area contributed by atoms with Gasteiger partial charge in [-0.05, 0) is 39.2 Å². The zero-order chi connectivity index (χ0) is 14.9. The Morgan fingerprint density at radius 1 is 1.30 bits per heavy atom. The van der Waals surface area contributed by atoms with Crippen LogP contribution in [-0.4, -0.2) is 25.2 Å². The molecule has 1 aliphatic carbocycles. The van der Waals surface area contributed by atoms with Gasteiger partial charge in [-0.1, -0.05) is 0 Å². The predicted octanol–water partition coefficient (Wildman–Crippen LogP) is 2.27. The van der Waals surface area contributed by atoms with Crippen molar-refractivity contribution in [2.24, 2.45) is 0 Å². The Morgan fingerprint density at radius 2 is 1.95 bits per heavy atom. The van der Waals surface area contributed by atoms with E-state index in [-0.39, 0.29) is 12.6 Å². The second kappa shape index (κ2) is 5.44. The van der Waals surface area contributed by atoms with Crippen LogP contribution in [0.15, 0.2) is 0 Å². The fraction of sp³-hybridized carbons (Fsp3) is 0.571. The molecule has 1 aromatic heterocycles. The summed E-state index contributed by atoms with van der Waals surface area (Å²) in [5, 5.41) is 0.420. The Labute approximate surface area is 122 Å². The van der Waals surface area contributed by atoms with E-state index >= 15 is 0 Å². The van der Waals surface area contributed by atoms with Crippen molar-refractivity contribution in [2.75, 3.05) is 18.9 Å². The molecule has 2 N–H and O–H groups in total. The molecule has 5 nitrogen and oxygen atoms in total. The van der Waals surface area contributed by atoms with E-state index in [0.29, 0.717) is 29.2 Å². The molecule has 0 unspecified atom stereocenters. The Bertz CT molecular complexity index is 552. The summed E-state index contributed by atoms with van der Waals surface area (Å²) in [6, 6.07) is 0. The van der Waals surface area contributed by atoms with Crippen LogP contribution < -0.4 is 5.73 Å². The van der Waals surface area contributed by atoms with E-state index < -0.39 is 11.4 Å². The molecule has 1 heterocycles. The number of carbonyl (C=O) groups excluding carboxylic acids is 2. The number of aryl methyl sites for hydroxylation is 1. The lowest BCUT2D eigenvalue weighted by Gasteiger charge is -2.23. The van der Waals surface area contributed by atoms with E-state index in [0.717, 1.165) is 11.3 Å². The van der Waals surface area contributed by atoms with Gasteiger partial charge >= 0.3 is 11.9 Å². The normalized spacial score (nSPS) is 20.6. The molecular formula is C14H19NO4S. The Hall–Kier alpha value is -1.56. The summed E-state index contributed by atoms with van der Waals surface area (Å²) in [5.41, 5.74) is 6.19. The molecule has 20 heavy (non-hydrogen) atoms. The van der Waals surface area contributed by atoms with Gasteiger partial charge in [-0.25, -0.2) is 4.79 Å². The number of nitrogen functional groups attached to an aromatic ring is 1. The number of nitrogens with two attached hydrogens (primary N) is 1. The average molecular weight is 297 g/mol. The highest BCUT2D eigenvalue weighted by atomic mass is 32.1. The van der Waals surface area contributed by atoms with Crippen molar-refractivity contribution >= 4 is 28.3 Å². The van der Waals surface area contributed by atoms with E-state index in [4.69, 9.17) is 15.2 Å². The van der Waals surface area contributed by atoms with Crippen molar-refractivity contribution in [3.05, 3.63) is 16.0 Å². The van der Waals surface area contributed by atoms with Gasteiger partial charge in [0.2, 0.25) is 0 Å². The molecule has 0 saturated carbocycles.